The Morgan fingerprint density at radius 2 is 1.89 bits per heavy atom. The molecule has 9 heteroatoms. The molecule has 0 fully saturated rings. The molecule has 1 aliphatic heterocycles. The van der Waals surface area contributed by atoms with Crippen molar-refractivity contribution >= 4 is 17.4 Å². The van der Waals surface area contributed by atoms with Crippen molar-refractivity contribution in [3.8, 4) is 5.75 Å². The van der Waals surface area contributed by atoms with Gasteiger partial charge in [-0.3, -0.25) is 14.4 Å². The van der Waals surface area contributed by atoms with Gasteiger partial charge in [0.2, 0.25) is 0 Å². The number of rotatable bonds is 3. The van der Waals surface area contributed by atoms with Crippen molar-refractivity contribution in [1.82, 2.24) is 4.57 Å². The van der Waals surface area contributed by atoms with Crippen LogP contribution in [0.4, 0.5) is 18.9 Å². The maximum Gasteiger partial charge on any atom is 0.417 e. The Morgan fingerprint density at radius 3 is 2.56 bits per heavy atom. The molecule has 0 radical (unpaired) electrons. The molecule has 1 atom stereocenters. The molecule has 27 heavy (non-hydrogen) atoms. The third-order valence-electron chi connectivity index (χ3n) is 4.39. The Balaban J connectivity index is 1.97. The lowest BCUT2D eigenvalue weighted by Crippen LogP contribution is -2.35. The minimum atomic E-state index is -4.63. The number of likely N-dealkylation sites (N-methyl/N-ethyl adjacent to an activating group) is 1. The lowest BCUT2D eigenvalue weighted by molar-refractivity contribution is -0.138. The van der Waals surface area contributed by atoms with Crippen LogP contribution in [-0.4, -0.2) is 29.9 Å². The van der Waals surface area contributed by atoms with Gasteiger partial charge in [0.25, 0.3) is 11.5 Å². The van der Waals surface area contributed by atoms with Gasteiger partial charge in [0.1, 0.15) is 5.75 Å². The summed E-state index contributed by atoms with van der Waals surface area (Å²) in [5.41, 5.74) is -1.22. The second-order valence-corrected chi connectivity index (χ2v) is 6.13. The number of carbonyl (C=O) groups excluding carboxylic acids is 2. The van der Waals surface area contributed by atoms with E-state index in [-0.39, 0.29) is 18.1 Å². The first-order valence-electron chi connectivity index (χ1n) is 7.96. The molecule has 1 aliphatic rings. The minimum Gasteiger partial charge on any atom is -0.482 e. The van der Waals surface area contributed by atoms with Gasteiger partial charge in [-0.1, -0.05) is 0 Å². The smallest absolute Gasteiger partial charge is 0.417 e. The van der Waals surface area contributed by atoms with Crippen LogP contribution in [0.5, 0.6) is 5.75 Å². The maximum absolute atomic E-state index is 12.9. The topological polar surface area (TPSA) is 68.6 Å². The molecule has 1 unspecified atom stereocenters. The minimum absolute atomic E-state index is 0.118. The number of hydrogen-bond acceptors (Lipinski definition) is 4. The summed E-state index contributed by atoms with van der Waals surface area (Å²) >= 11 is 0. The van der Waals surface area contributed by atoms with Crippen molar-refractivity contribution in [2.45, 2.75) is 19.1 Å². The van der Waals surface area contributed by atoms with Crippen LogP contribution in [0.1, 0.15) is 28.9 Å². The van der Waals surface area contributed by atoms with Gasteiger partial charge in [-0.25, -0.2) is 0 Å². The highest BCUT2D eigenvalue weighted by Crippen LogP contribution is 2.33. The first-order chi connectivity index (χ1) is 12.6. The molecule has 2 heterocycles. The van der Waals surface area contributed by atoms with Crippen molar-refractivity contribution in [2.24, 2.45) is 0 Å². The van der Waals surface area contributed by atoms with Gasteiger partial charge in [-0.15, -0.1) is 0 Å². The summed E-state index contributed by atoms with van der Waals surface area (Å²) in [4.78, 5) is 37.8. The van der Waals surface area contributed by atoms with E-state index >= 15 is 0 Å². The molecular formula is C18H15F3N2O4. The Hall–Kier alpha value is -3.10. The van der Waals surface area contributed by atoms with Crippen molar-refractivity contribution in [3.63, 3.8) is 0 Å². The largest absolute Gasteiger partial charge is 0.482 e. The van der Waals surface area contributed by atoms with E-state index in [0.717, 1.165) is 10.6 Å². The van der Waals surface area contributed by atoms with E-state index in [9.17, 15) is 27.6 Å². The molecule has 6 nitrogen and oxygen atoms in total. The normalized spacial score (nSPS) is 15.1. The molecule has 0 saturated heterocycles. The number of ketones is 1. The quantitative estimate of drug-likeness (QED) is 0.768. The third-order valence-corrected chi connectivity index (χ3v) is 4.39. The summed E-state index contributed by atoms with van der Waals surface area (Å²) in [6, 6.07) is 4.66. The van der Waals surface area contributed by atoms with Gasteiger partial charge in [0, 0.05) is 24.9 Å². The van der Waals surface area contributed by atoms with Crippen LogP contribution in [0.25, 0.3) is 0 Å². The van der Waals surface area contributed by atoms with Gasteiger partial charge < -0.3 is 14.2 Å². The SMILES string of the molecule is CC(C(=O)c1ccc2c(c1)N(C)C(=O)CO2)n1cc(C(F)(F)F)ccc1=O. The van der Waals surface area contributed by atoms with E-state index in [1.807, 2.05) is 0 Å². The number of carbonyl (C=O) groups is 2. The summed E-state index contributed by atoms with van der Waals surface area (Å²) in [7, 11) is 1.53. The van der Waals surface area contributed by atoms with E-state index in [4.69, 9.17) is 4.74 Å². The first-order valence-corrected chi connectivity index (χ1v) is 7.96. The average Bonchev–Trinajstić information content (AvgIpc) is 2.63. The predicted molar refractivity (Wildman–Crippen MR) is 90.1 cm³/mol. The Kier molecular flexibility index (Phi) is 4.54. The Morgan fingerprint density at radius 1 is 1.19 bits per heavy atom. The summed E-state index contributed by atoms with van der Waals surface area (Å²) in [6.07, 6.45) is -4.01. The highest BCUT2D eigenvalue weighted by Gasteiger charge is 2.32. The van der Waals surface area contributed by atoms with E-state index < -0.39 is 29.1 Å². The van der Waals surface area contributed by atoms with E-state index in [1.165, 1.54) is 37.1 Å². The fourth-order valence-corrected chi connectivity index (χ4v) is 2.77. The number of halogens is 3. The van der Waals surface area contributed by atoms with Crippen LogP contribution >= 0.6 is 0 Å². The molecule has 1 aromatic carbocycles. The molecule has 1 amide bonds. The van der Waals surface area contributed by atoms with Gasteiger partial charge >= 0.3 is 6.18 Å². The molecule has 1 aromatic heterocycles. The number of hydrogen-bond donors (Lipinski definition) is 0. The summed E-state index contributed by atoms with van der Waals surface area (Å²) in [5, 5.41) is 0. The van der Waals surface area contributed by atoms with Crippen LogP contribution in [0, 0.1) is 0 Å². The molecule has 0 aliphatic carbocycles. The lowest BCUT2D eigenvalue weighted by atomic mass is 10.0. The number of benzene rings is 1. The highest BCUT2D eigenvalue weighted by molar-refractivity contribution is 6.03. The van der Waals surface area contributed by atoms with Crippen LogP contribution in [-0.2, 0) is 11.0 Å². The zero-order chi connectivity index (χ0) is 19.9. The first kappa shape index (κ1) is 18.7. The van der Waals surface area contributed by atoms with E-state index in [2.05, 4.69) is 0 Å². The standard InChI is InChI=1S/C18H15F3N2O4/c1-10(23-8-12(18(19,20)21)4-6-15(23)24)17(26)11-3-5-14-13(7-11)22(2)16(25)9-27-14/h3-8,10H,9H2,1-2H3. The number of pyridine rings is 1. The molecule has 0 N–H and O–H groups in total. The lowest BCUT2D eigenvalue weighted by Gasteiger charge is -2.26. The monoisotopic (exact) mass is 380 g/mol. The molecule has 0 bridgehead atoms. The zero-order valence-corrected chi connectivity index (χ0v) is 14.4. The second-order valence-electron chi connectivity index (χ2n) is 6.13. The van der Waals surface area contributed by atoms with Gasteiger partial charge in [-0.2, -0.15) is 13.2 Å². The number of ether oxygens (including phenoxy) is 1. The van der Waals surface area contributed by atoms with Crippen LogP contribution in [0.2, 0.25) is 0 Å². The number of Topliss-reactive ketones (excluding diaryl/α,β-unsaturated/α-hetero) is 1. The molecular weight excluding hydrogens is 365 g/mol. The number of alkyl halides is 3. The van der Waals surface area contributed by atoms with Gasteiger partial charge in [0.05, 0.1) is 17.3 Å². The molecule has 142 valence electrons. The van der Waals surface area contributed by atoms with Crippen molar-refractivity contribution in [2.75, 3.05) is 18.6 Å². The Labute approximate surface area is 151 Å². The third kappa shape index (κ3) is 3.44. The highest BCUT2D eigenvalue weighted by atomic mass is 19.4. The summed E-state index contributed by atoms with van der Waals surface area (Å²) in [6.45, 7) is 1.22. The fraction of sp³-hybridized carbons (Fsp3) is 0.278. The summed E-state index contributed by atoms with van der Waals surface area (Å²) < 4.78 is 44.7. The number of aromatic nitrogens is 1. The van der Waals surface area contributed by atoms with Gasteiger partial charge in [0.15, 0.2) is 12.4 Å². The number of nitrogens with zero attached hydrogens (tertiary/aromatic N) is 2. The van der Waals surface area contributed by atoms with E-state index in [1.54, 1.807) is 0 Å². The van der Waals surface area contributed by atoms with Crippen molar-refractivity contribution < 1.29 is 27.5 Å². The fourth-order valence-electron chi connectivity index (χ4n) is 2.77. The number of fused-ring (bicyclic) bond motifs is 1. The molecule has 2 aromatic rings. The van der Waals surface area contributed by atoms with Crippen LogP contribution in [0.15, 0.2) is 41.3 Å². The molecule has 3 rings (SSSR count). The van der Waals surface area contributed by atoms with Gasteiger partial charge in [-0.05, 0) is 31.2 Å². The van der Waals surface area contributed by atoms with Crippen LogP contribution in [0.3, 0.4) is 0 Å². The second kappa shape index (κ2) is 6.57. The van der Waals surface area contributed by atoms with Crippen LogP contribution < -0.4 is 15.2 Å². The average molecular weight is 380 g/mol. The van der Waals surface area contributed by atoms with Crippen molar-refractivity contribution in [1.29, 1.82) is 0 Å². The maximum atomic E-state index is 12.9. The number of amides is 1. The van der Waals surface area contributed by atoms with Crippen molar-refractivity contribution in [3.05, 3.63) is 58.0 Å². The number of anilines is 1. The Bertz CT molecular complexity index is 981. The predicted octanol–water partition coefficient (Wildman–Crippen LogP) is 2.67. The van der Waals surface area contributed by atoms with E-state index in [0.29, 0.717) is 23.7 Å². The molecule has 0 saturated carbocycles. The zero-order valence-electron chi connectivity index (χ0n) is 14.4. The summed E-state index contributed by atoms with van der Waals surface area (Å²) in [5.74, 6) is -0.447. The molecule has 0 spiro atoms.